The molecule has 4 unspecified atom stereocenters. The molecule has 1 aliphatic carbocycles. The first kappa shape index (κ1) is 24.0. The second kappa shape index (κ2) is 8.91. The van der Waals surface area contributed by atoms with Crippen molar-refractivity contribution in [3.05, 3.63) is 45.9 Å². The average Bonchev–Trinajstić information content (AvgIpc) is 3.19. The van der Waals surface area contributed by atoms with Crippen molar-refractivity contribution in [3.8, 4) is 0 Å². The zero-order valence-electron chi connectivity index (χ0n) is 19.3. The van der Waals surface area contributed by atoms with E-state index in [1.165, 1.54) is 4.57 Å². The van der Waals surface area contributed by atoms with Crippen LogP contribution < -0.4 is 10.9 Å². The highest BCUT2D eigenvalue weighted by Crippen LogP contribution is 2.42. The molecule has 1 fully saturated rings. The van der Waals surface area contributed by atoms with Crippen molar-refractivity contribution in [2.45, 2.75) is 65.0 Å². The molecule has 1 amide bonds. The first-order valence-electron chi connectivity index (χ1n) is 11.6. The average molecular weight is 468 g/mol. The Hall–Kier alpha value is -2.13. The van der Waals surface area contributed by atoms with Gasteiger partial charge in [-0.1, -0.05) is 32.9 Å². The van der Waals surface area contributed by atoms with Crippen LogP contribution in [0.5, 0.6) is 0 Å². The summed E-state index contributed by atoms with van der Waals surface area (Å²) in [6, 6.07) is 1.99. The molecule has 3 aliphatic rings. The Morgan fingerprint density at radius 1 is 1.27 bits per heavy atom. The second-order valence-corrected chi connectivity index (χ2v) is 9.93. The predicted molar refractivity (Wildman–Crippen MR) is 117 cm³/mol. The van der Waals surface area contributed by atoms with E-state index in [0.29, 0.717) is 31.0 Å². The van der Waals surface area contributed by atoms with Gasteiger partial charge in [-0.05, 0) is 30.7 Å². The summed E-state index contributed by atoms with van der Waals surface area (Å²) in [4.78, 5) is 27.6. The van der Waals surface area contributed by atoms with E-state index in [-0.39, 0.29) is 36.7 Å². The quantitative estimate of drug-likeness (QED) is 0.691. The van der Waals surface area contributed by atoms with Crippen LogP contribution in [0, 0.1) is 17.3 Å². The molecule has 0 aromatic carbocycles. The van der Waals surface area contributed by atoms with E-state index in [1.54, 1.807) is 4.90 Å². The minimum Gasteiger partial charge on any atom is -0.381 e. The van der Waals surface area contributed by atoms with Gasteiger partial charge in [-0.3, -0.25) is 9.59 Å². The summed E-state index contributed by atoms with van der Waals surface area (Å²) in [5.41, 5.74) is -2.15. The van der Waals surface area contributed by atoms with Gasteiger partial charge in [0.1, 0.15) is 0 Å². The lowest BCUT2D eigenvalue weighted by Gasteiger charge is -2.40. The van der Waals surface area contributed by atoms with E-state index in [0.717, 1.165) is 25.7 Å². The molecule has 1 aromatic rings. The van der Waals surface area contributed by atoms with Gasteiger partial charge in [0.05, 0.1) is 24.1 Å². The van der Waals surface area contributed by atoms with E-state index in [4.69, 9.17) is 4.74 Å². The lowest BCUT2D eigenvalue weighted by molar-refractivity contribution is -0.143. The van der Waals surface area contributed by atoms with Crippen molar-refractivity contribution in [2.24, 2.45) is 17.3 Å². The van der Waals surface area contributed by atoms with Crippen LogP contribution in [0.2, 0.25) is 0 Å². The number of halogens is 3. The molecule has 1 saturated heterocycles. The fourth-order valence-corrected chi connectivity index (χ4v) is 5.30. The Labute approximate surface area is 191 Å². The van der Waals surface area contributed by atoms with Crippen LogP contribution >= 0.6 is 0 Å². The highest BCUT2D eigenvalue weighted by molar-refractivity contribution is 5.86. The Morgan fingerprint density at radius 2 is 2.03 bits per heavy atom. The number of aromatic nitrogens is 1. The minimum absolute atomic E-state index is 0.00457. The fourth-order valence-electron chi connectivity index (χ4n) is 5.30. The van der Waals surface area contributed by atoms with E-state index < -0.39 is 22.7 Å². The molecule has 0 spiro atoms. The number of rotatable bonds is 4. The number of nitrogens with zero attached hydrogens (tertiary/aromatic N) is 2. The van der Waals surface area contributed by atoms with Crippen molar-refractivity contribution in [1.82, 2.24) is 14.8 Å². The number of fused-ring (bicyclic) bond motifs is 1. The van der Waals surface area contributed by atoms with Crippen molar-refractivity contribution in [3.63, 3.8) is 0 Å². The number of hydrogen-bond acceptors (Lipinski definition) is 4. The van der Waals surface area contributed by atoms with E-state index in [9.17, 15) is 22.8 Å². The molecule has 0 radical (unpaired) electrons. The van der Waals surface area contributed by atoms with E-state index in [1.807, 2.05) is 19.9 Å². The van der Waals surface area contributed by atoms with E-state index >= 15 is 0 Å². The van der Waals surface area contributed by atoms with Crippen LogP contribution in [-0.4, -0.2) is 47.2 Å². The standard InChI is InChI=1S/C24H32F3N3O3/c1-15(2)23(6-4-18(12-23)28-20-5-9-33-14-16(20)3)22(32)29-7-8-30-19(13-29)10-17(11-21(30)31)24(25,26)27/h4,6,10-11,15-16,18,20,28H,5,7-9,12-14H2,1-3H3. The molecule has 2 aliphatic heterocycles. The molecular weight excluding hydrogens is 435 g/mol. The number of pyridine rings is 1. The van der Waals surface area contributed by atoms with Gasteiger partial charge >= 0.3 is 6.18 Å². The Bertz CT molecular complexity index is 987. The highest BCUT2D eigenvalue weighted by Gasteiger charge is 2.47. The lowest BCUT2D eigenvalue weighted by Crippen LogP contribution is -2.51. The summed E-state index contributed by atoms with van der Waals surface area (Å²) in [7, 11) is 0. The number of hydrogen-bond donors (Lipinski definition) is 1. The summed E-state index contributed by atoms with van der Waals surface area (Å²) in [6.45, 7) is 8.09. The molecule has 9 heteroatoms. The van der Waals surface area contributed by atoms with Gasteiger partial charge < -0.3 is 19.5 Å². The molecule has 1 N–H and O–H groups in total. The van der Waals surface area contributed by atoms with Crippen molar-refractivity contribution >= 4 is 5.91 Å². The number of carbonyl (C=O) groups is 1. The molecule has 0 bridgehead atoms. The minimum atomic E-state index is -4.60. The summed E-state index contributed by atoms with van der Waals surface area (Å²) in [6.07, 6.45) is 0.973. The normalized spacial score (nSPS) is 30.0. The Balaban J connectivity index is 1.52. The molecule has 1 aromatic heterocycles. The summed E-state index contributed by atoms with van der Waals surface area (Å²) in [5, 5.41) is 3.67. The van der Waals surface area contributed by atoms with Gasteiger partial charge in [-0.15, -0.1) is 0 Å². The molecule has 0 saturated carbocycles. The molecule has 4 rings (SSSR count). The SMILES string of the molecule is CC1COCCC1NC1C=CC(C(=O)N2CCn3c(cc(C(F)(F)F)cc3=O)C2)(C(C)C)C1. The lowest BCUT2D eigenvalue weighted by atomic mass is 9.74. The van der Waals surface area contributed by atoms with Crippen LogP contribution in [0.25, 0.3) is 0 Å². The number of amides is 1. The maximum atomic E-state index is 13.8. The van der Waals surface area contributed by atoms with Crippen LogP contribution in [-0.2, 0) is 28.8 Å². The van der Waals surface area contributed by atoms with Crippen LogP contribution in [0.15, 0.2) is 29.1 Å². The summed E-state index contributed by atoms with van der Waals surface area (Å²) in [5.74, 6) is 0.316. The topological polar surface area (TPSA) is 63.6 Å². The van der Waals surface area contributed by atoms with Gasteiger partial charge in [0.2, 0.25) is 5.91 Å². The molecule has 182 valence electrons. The smallest absolute Gasteiger partial charge is 0.381 e. The third-order valence-electron chi connectivity index (χ3n) is 7.46. The third kappa shape index (κ3) is 4.62. The number of alkyl halides is 3. The fraction of sp³-hybridized carbons (Fsp3) is 0.667. The first-order chi connectivity index (χ1) is 15.5. The predicted octanol–water partition coefficient (Wildman–Crippen LogP) is 3.19. The Kier molecular flexibility index (Phi) is 6.48. The summed E-state index contributed by atoms with van der Waals surface area (Å²) < 4.78 is 46.5. The van der Waals surface area contributed by atoms with E-state index in [2.05, 4.69) is 18.3 Å². The van der Waals surface area contributed by atoms with Gasteiger partial charge in [0, 0.05) is 43.5 Å². The van der Waals surface area contributed by atoms with Crippen molar-refractivity contribution in [2.75, 3.05) is 19.8 Å². The van der Waals surface area contributed by atoms with Crippen LogP contribution in [0.3, 0.4) is 0 Å². The zero-order chi connectivity index (χ0) is 24.0. The molecule has 4 atom stereocenters. The van der Waals surface area contributed by atoms with Gasteiger partial charge in [-0.2, -0.15) is 13.2 Å². The summed E-state index contributed by atoms with van der Waals surface area (Å²) >= 11 is 0. The molecule has 6 nitrogen and oxygen atoms in total. The first-order valence-corrected chi connectivity index (χ1v) is 11.6. The molecule has 33 heavy (non-hydrogen) atoms. The van der Waals surface area contributed by atoms with Crippen LogP contribution in [0.4, 0.5) is 13.2 Å². The monoisotopic (exact) mass is 467 g/mol. The van der Waals surface area contributed by atoms with Crippen molar-refractivity contribution < 1.29 is 22.7 Å². The third-order valence-corrected chi connectivity index (χ3v) is 7.46. The second-order valence-electron chi connectivity index (χ2n) is 9.93. The number of carbonyl (C=O) groups excluding carboxylic acids is 1. The van der Waals surface area contributed by atoms with Crippen LogP contribution in [0.1, 0.15) is 44.9 Å². The Morgan fingerprint density at radius 3 is 2.70 bits per heavy atom. The zero-order valence-corrected chi connectivity index (χ0v) is 19.3. The largest absolute Gasteiger partial charge is 0.416 e. The molecule has 3 heterocycles. The number of nitrogens with one attached hydrogen (secondary N) is 1. The van der Waals surface area contributed by atoms with Gasteiger partial charge in [0.25, 0.3) is 5.56 Å². The van der Waals surface area contributed by atoms with Crippen molar-refractivity contribution in [1.29, 1.82) is 0 Å². The maximum Gasteiger partial charge on any atom is 0.416 e. The van der Waals surface area contributed by atoms with Gasteiger partial charge in [-0.25, -0.2) is 0 Å². The maximum absolute atomic E-state index is 13.8. The highest BCUT2D eigenvalue weighted by atomic mass is 19.4. The number of ether oxygens (including phenoxy) is 1. The van der Waals surface area contributed by atoms with Gasteiger partial charge in [0.15, 0.2) is 0 Å². The molecular formula is C24H32F3N3O3.